The van der Waals surface area contributed by atoms with Crippen LogP contribution in [-0.2, 0) is 24.4 Å². The maximum Gasteiger partial charge on any atom is 0.354 e. The highest BCUT2D eigenvalue weighted by Gasteiger charge is 2.26. The van der Waals surface area contributed by atoms with E-state index in [4.69, 9.17) is 26.1 Å². The SMILES string of the molecule is O=C(O)c1ccc2nc(CN3CCC(Oc4cccc(Cn5ccc(Cl)cc5=O)n4)CC3)n(CC3CCO3)c2n1. The van der Waals surface area contributed by atoms with Crippen molar-refractivity contribution >= 4 is 28.7 Å². The fourth-order valence-electron chi connectivity index (χ4n) is 5.07. The molecule has 0 spiro atoms. The van der Waals surface area contributed by atoms with Gasteiger partial charge >= 0.3 is 5.97 Å². The number of rotatable bonds is 9. The Balaban J connectivity index is 1.09. The predicted octanol–water partition coefficient (Wildman–Crippen LogP) is 3.22. The highest BCUT2D eigenvalue weighted by atomic mass is 35.5. The van der Waals surface area contributed by atoms with Crippen molar-refractivity contribution in [2.75, 3.05) is 19.7 Å². The number of carbonyl (C=O) groups is 1. The summed E-state index contributed by atoms with van der Waals surface area (Å²) in [7, 11) is 0. The summed E-state index contributed by atoms with van der Waals surface area (Å²) in [6.45, 7) is 3.95. The number of ether oxygens (including phenoxy) is 2. The van der Waals surface area contributed by atoms with E-state index in [2.05, 4.69) is 14.9 Å². The van der Waals surface area contributed by atoms with Crippen molar-refractivity contribution in [2.45, 2.75) is 51.1 Å². The molecule has 0 aliphatic carbocycles. The number of hydrogen-bond donors (Lipinski definition) is 1. The highest BCUT2D eigenvalue weighted by molar-refractivity contribution is 6.30. The van der Waals surface area contributed by atoms with Crippen LogP contribution in [0.25, 0.3) is 11.2 Å². The standard InChI is InChI=1S/C28H29ClN6O5/c29-18-6-12-34(26(36)14-18)15-19-2-1-3-25(30-19)40-20-7-10-33(11-8-20)17-24-31-22-4-5-23(28(37)38)32-27(22)35(24)16-21-9-13-39-21/h1-6,12,14,20-21H,7-11,13,15-17H2,(H,37,38). The van der Waals surface area contributed by atoms with Crippen molar-refractivity contribution in [3.63, 3.8) is 0 Å². The van der Waals surface area contributed by atoms with Gasteiger partial charge in [0.15, 0.2) is 11.3 Å². The monoisotopic (exact) mass is 564 g/mol. The highest BCUT2D eigenvalue weighted by Crippen LogP contribution is 2.24. The van der Waals surface area contributed by atoms with E-state index in [0.29, 0.717) is 41.7 Å². The second-order valence-corrected chi connectivity index (χ2v) is 10.6. The van der Waals surface area contributed by atoms with Gasteiger partial charge in [-0.15, -0.1) is 0 Å². The molecule has 0 bridgehead atoms. The first-order valence-electron chi connectivity index (χ1n) is 13.3. The summed E-state index contributed by atoms with van der Waals surface area (Å²) in [6, 6.07) is 11.9. The van der Waals surface area contributed by atoms with Crippen molar-refractivity contribution in [2.24, 2.45) is 0 Å². The molecule has 12 heteroatoms. The number of imidazole rings is 1. The normalized spacial score (nSPS) is 18.1. The van der Waals surface area contributed by atoms with Gasteiger partial charge in [-0.2, -0.15) is 0 Å². The van der Waals surface area contributed by atoms with Gasteiger partial charge in [0.1, 0.15) is 17.4 Å². The van der Waals surface area contributed by atoms with E-state index >= 15 is 0 Å². The molecule has 1 N–H and O–H groups in total. The van der Waals surface area contributed by atoms with E-state index in [9.17, 15) is 14.7 Å². The van der Waals surface area contributed by atoms with Crippen LogP contribution in [-0.4, -0.2) is 72.0 Å². The number of pyridine rings is 3. The number of likely N-dealkylation sites (tertiary alicyclic amines) is 1. The smallest absolute Gasteiger partial charge is 0.354 e. The summed E-state index contributed by atoms with van der Waals surface area (Å²) in [5, 5.41) is 9.82. The van der Waals surface area contributed by atoms with Gasteiger partial charge in [-0.1, -0.05) is 17.7 Å². The largest absolute Gasteiger partial charge is 0.477 e. The zero-order chi connectivity index (χ0) is 27.6. The van der Waals surface area contributed by atoms with E-state index in [1.807, 2.05) is 22.8 Å². The minimum absolute atomic E-state index is 0.00518. The average Bonchev–Trinajstić information content (AvgIpc) is 3.25. The molecule has 2 fully saturated rings. The lowest BCUT2D eigenvalue weighted by atomic mass is 10.1. The Bertz CT molecular complexity index is 1590. The molecule has 11 nitrogen and oxygen atoms in total. The number of aromatic nitrogens is 5. The van der Waals surface area contributed by atoms with Gasteiger partial charge < -0.3 is 23.7 Å². The number of halogens is 1. The lowest BCUT2D eigenvalue weighted by Crippen LogP contribution is -2.39. The third kappa shape index (κ3) is 5.86. The second-order valence-electron chi connectivity index (χ2n) is 10.1. The Hall–Kier alpha value is -3.80. The van der Waals surface area contributed by atoms with Gasteiger partial charge in [0.05, 0.1) is 31.4 Å². The van der Waals surface area contributed by atoms with Crippen LogP contribution in [0.15, 0.2) is 53.5 Å². The van der Waals surface area contributed by atoms with Crippen LogP contribution in [0.4, 0.5) is 0 Å². The van der Waals surface area contributed by atoms with Gasteiger partial charge in [-0.05, 0) is 43.5 Å². The van der Waals surface area contributed by atoms with Crippen LogP contribution in [0.5, 0.6) is 5.88 Å². The van der Waals surface area contributed by atoms with Crippen molar-refractivity contribution in [1.82, 2.24) is 29.0 Å². The first kappa shape index (κ1) is 26.4. The summed E-state index contributed by atoms with van der Waals surface area (Å²) in [6.07, 6.45) is 4.40. The fourth-order valence-corrected chi connectivity index (χ4v) is 5.22. The molecule has 1 atom stereocenters. The quantitative estimate of drug-likeness (QED) is 0.326. The zero-order valence-corrected chi connectivity index (χ0v) is 22.5. The first-order chi connectivity index (χ1) is 19.4. The maximum atomic E-state index is 12.2. The molecule has 1 unspecified atom stereocenters. The average molecular weight is 565 g/mol. The van der Waals surface area contributed by atoms with Crippen LogP contribution < -0.4 is 10.3 Å². The van der Waals surface area contributed by atoms with E-state index in [1.165, 1.54) is 12.1 Å². The Labute approximate surface area is 235 Å². The molecule has 6 rings (SSSR count). The van der Waals surface area contributed by atoms with Crippen LogP contribution in [0.1, 0.15) is 41.3 Å². The summed E-state index contributed by atoms with van der Waals surface area (Å²) >= 11 is 5.90. The Morgan fingerprint density at radius 1 is 1.07 bits per heavy atom. The zero-order valence-electron chi connectivity index (χ0n) is 21.8. The van der Waals surface area contributed by atoms with E-state index in [-0.39, 0.29) is 23.5 Å². The van der Waals surface area contributed by atoms with E-state index in [1.54, 1.807) is 22.9 Å². The number of nitrogens with zero attached hydrogens (tertiary/aromatic N) is 6. The molecule has 0 saturated carbocycles. The van der Waals surface area contributed by atoms with Gasteiger partial charge in [0, 0.05) is 43.0 Å². The lowest BCUT2D eigenvalue weighted by Gasteiger charge is -2.32. The van der Waals surface area contributed by atoms with Gasteiger partial charge in [0.25, 0.3) is 5.56 Å². The number of carboxylic acid groups (broad SMARTS) is 1. The Morgan fingerprint density at radius 2 is 1.90 bits per heavy atom. The third-order valence-electron chi connectivity index (χ3n) is 7.33. The topological polar surface area (TPSA) is 125 Å². The molecule has 2 saturated heterocycles. The van der Waals surface area contributed by atoms with Crippen molar-refractivity contribution in [1.29, 1.82) is 0 Å². The minimum atomic E-state index is -1.06. The number of hydrogen-bond acceptors (Lipinski definition) is 8. The van der Waals surface area contributed by atoms with Crippen LogP contribution in [0.2, 0.25) is 5.02 Å². The number of carboxylic acids is 1. The molecule has 2 aliphatic rings. The minimum Gasteiger partial charge on any atom is -0.477 e. The van der Waals surface area contributed by atoms with E-state index < -0.39 is 5.97 Å². The molecule has 208 valence electrons. The van der Waals surface area contributed by atoms with Gasteiger partial charge in [-0.25, -0.2) is 19.7 Å². The summed E-state index contributed by atoms with van der Waals surface area (Å²) in [4.78, 5) is 39.8. The Morgan fingerprint density at radius 3 is 2.62 bits per heavy atom. The molecule has 0 amide bonds. The molecule has 4 aromatic heterocycles. The number of fused-ring (bicyclic) bond motifs is 1. The maximum absolute atomic E-state index is 12.2. The molecule has 0 radical (unpaired) electrons. The van der Waals surface area contributed by atoms with Crippen LogP contribution in [0.3, 0.4) is 0 Å². The van der Waals surface area contributed by atoms with Gasteiger partial charge in [0.2, 0.25) is 5.88 Å². The summed E-state index contributed by atoms with van der Waals surface area (Å²) in [5.74, 6) is 0.337. The number of aromatic carboxylic acids is 1. The van der Waals surface area contributed by atoms with Crippen molar-refractivity contribution in [3.05, 3.63) is 81.3 Å². The van der Waals surface area contributed by atoms with Gasteiger partial charge in [-0.3, -0.25) is 9.69 Å². The first-order valence-corrected chi connectivity index (χ1v) is 13.7. The fraction of sp³-hybridized carbons (Fsp3) is 0.393. The van der Waals surface area contributed by atoms with Crippen LogP contribution >= 0.6 is 11.6 Å². The molecule has 2 aliphatic heterocycles. The van der Waals surface area contributed by atoms with Crippen molar-refractivity contribution < 1.29 is 19.4 Å². The molecular formula is C28H29ClN6O5. The molecular weight excluding hydrogens is 536 g/mol. The predicted molar refractivity (Wildman–Crippen MR) is 147 cm³/mol. The molecule has 0 aromatic carbocycles. The lowest BCUT2D eigenvalue weighted by molar-refractivity contribution is -0.0593. The van der Waals surface area contributed by atoms with Crippen LogP contribution in [0, 0.1) is 0 Å². The van der Waals surface area contributed by atoms with E-state index in [0.717, 1.165) is 50.5 Å². The molecule has 40 heavy (non-hydrogen) atoms. The molecule has 6 heterocycles. The third-order valence-corrected chi connectivity index (χ3v) is 7.56. The number of piperidine rings is 1. The van der Waals surface area contributed by atoms with Crippen molar-refractivity contribution in [3.8, 4) is 5.88 Å². The molecule has 4 aromatic rings. The second kappa shape index (κ2) is 11.4. The summed E-state index contributed by atoms with van der Waals surface area (Å²) < 4.78 is 15.4. The summed E-state index contributed by atoms with van der Waals surface area (Å²) in [5.41, 5.74) is 1.82. The Kier molecular flexibility index (Phi) is 7.50.